The molecule has 1 aliphatic heterocycles. The number of benzene rings is 1. The minimum absolute atomic E-state index is 0. The van der Waals surface area contributed by atoms with E-state index in [2.05, 4.69) is 38.9 Å². The molecule has 0 saturated carbocycles. The zero-order chi connectivity index (χ0) is 19.9. The van der Waals surface area contributed by atoms with Gasteiger partial charge in [0.2, 0.25) is 5.91 Å². The molecule has 1 fully saturated rings. The van der Waals surface area contributed by atoms with Crippen LogP contribution >= 0.6 is 46.9 Å². The first-order valence-electron chi connectivity index (χ1n) is 9.32. The lowest BCUT2D eigenvalue weighted by molar-refractivity contribution is -0.130. The van der Waals surface area contributed by atoms with E-state index in [-0.39, 0.29) is 36.4 Å². The summed E-state index contributed by atoms with van der Waals surface area (Å²) in [6, 6.07) is 9.94. The van der Waals surface area contributed by atoms with E-state index in [0.29, 0.717) is 25.6 Å². The van der Waals surface area contributed by atoms with Gasteiger partial charge in [-0.1, -0.05) is 11.6 Å². The summed E-state index contributed by atoms with van der Waals surface area (Å²) in [7, 11) is 1.71. The number of hydrogen-bond donors (Lipinski definition) is 2. The van der Waals surface area contributed by atoms with Crippen molar-refractivity contribution in [1.82, 2.24) is 15.5 Å². The molecule has 3 rings (SSSR count). The van der Waals surface area contributed by atoms with E-state index in [1.807, 2.05) is 29.2 Å². The Morgan fingerprint density at radius 3 is 2.41 bits per heavy atom. The molecule has 2 N–H and O–H groups in total. The number of piperazine rings is 1. The van der Waals surface area contributed by atoms with Crippen LogP contribution in [-0.2, 0) is 11.3 Å². The van der Waals surface area contributed by atoms with Crippen molar-refractivity contribution in [2.24, 2.45) is 4.99 Å². The molecule has 0 atom stereocenters. The van der Waals surface area contributed by atoms with Crippen LogP contribution in [0.5, 0.6) is 0 Å². The number of thiophene rings is 1. The summed E-state index contributed by atoms with van der Waals surface area (Å²) in [5.41, 5.74) is 2.41. The van der Waals surface area contributed by atoms with Gasteiger partial charge in [0.15, 0.2) is 5.96 Å². The Hall–Kier alpha value is -1.52. The van der Waals surface area contributed by atoms with Gasteiger partial charge in [0.25, 0.3) is 0 Å². The molecule has 1 saturated heterocycles. The molecular weight excluding hydrogens is 521 g/mol. The van der Waals surface area contributed by atoms with Crippen molar-refractivity contribution >= 4 is 64.5 Å². The maximum atomic E-state index is 12.5. The van der Waals surface area contributed by atoms with Crippen LogP contribution in [0, 0.1) is 6.92 Å². The van der Waals surface area contributed by atoms with Gasteiger partial charge in [-0.15, -0.1) is 35.3 Å². The third-order valence-electron chi connectivity index (χ3n) is 4.84. The Labute approximate surface area is 198 Å². The normalized spacial score (nSPS) is 14.4. The highest BCUT2D eigenvalue weighted by atomic mass is 127. The highest BCUT2D eigenvalue weighted by molar-refractivity contribution is 14.0. The Bertz CT molecular complexity index is 819. The van der Waals surface area contributed by atoms with Gasteiger partial charge in [0.05, 0.1) is 13.1 Å². The lowest BCUT2D eigenvalue weighted by Crippen LogP contribution is -2.52. The number of carbonyl (C=O) groups is 1. The van der Waals surface area contributed by atoms with E-state index in [0.717, 1.165) is 23.8 Å². The summed E-state index contributed by atoms with van der Waals surface area (Å²) in [6.07, 6.45) is 0. The predicted octanol–water partition coefficient (Wildman–Crippen LogP) is 3.34. The molecule has 0 aliphatic carbocycles. The van der Waals surface area contributed by atoms with Crippen molar-refractivity contribution in [3.63, 3.8) is 0 Å². The minimum atomic E-state index is 0. The standard InChI is InChI=1S/C20H26ClN5OS.HI/c1-15-7-12-28-18(15)13-23-20(22-2)24-14-19(27)26-10-8-25(9-11-26)17-5-3-16(21)4-6-17;/h3-7,12H,8-11,13-14H2,1-2H3,(H2,22,23,24);1H. The first-order chi connectivity index (χ1) is 13.6. The van der Waals surface area contributed by atoms with E-state index in [4.69, 9.17) is 11.6 Å². The third-order valence-corrected chi connectivity index (χ3v) is 6.11. The van der Waals surface area contributed by atoms with Crippen LogP contribution in [0.15, 0.2) is 40.7 Å². The van der Waals surface area contributed by atoms with Crippen molar-refractivity contribution in [3.05, 3.63) is 51.2 Å². The van der Waals surface area contributed by atoms with E-state index >= 15 is 0 Å². The van der Waals surface area contributed by atoms with Crippen LogP contribution < -0.4 is 15.5 Å². The Kier molecular flexibility index (Phi) is 9.51. The van der Waals surface area contributed by atoms with Gasteiger partial charge >= 0.3 is 0 Å². The molecule has 2 heterocycles. The molecule has 6 nitrogen and oxygen atoms in total. The fraction of sp³-hybridized carbons (Fsp3) is 0.400. The molecule has 0 radical (unpaired) electrons. The van der Waals surface area contributed by atoms with Crippen molar-refractivity contribution in [2.75, 3.05) is 44.7 Å². The Morgan fingerprint density at radius 1 is 1.14 bits per heavy atom. The summed E-state index contributed by atoms with van der Waals surface area (Å²) >= 11 is 7.67. The number of hydrogen-bond acceptors (Lipinski definition) is 4. The van der Waals surface area contributed by atoms with Gasteiger partial charge in [-0.3, -0.25) is 9.79 Å². The molecule has 0 spiro atoms. The Morgan fingerprint density at radius 2 is 1.83 bits per heavy atom. The molecule has 1 aromatic carbocycles. The number of nitrogens with zero attached hydrogens (tertiary/aromatic N) is 3. The topological polar surface area (TPSA) is 60.0 Å². The number of anilines is 1. The number of halogens is 2. The first kappa shape index (κ1) is 23.8. The molecule has 9 heteroatoms. The quantitative estimate of drug-likeness (QED) is 0.343. The minimum Gasteiger partial charge on any atom is -0.368 e. The number of nitrogens with one attached hydrogen (secondary N) is 2. The van der Waals surface area contributed by atoms with Crippen molar-refractivity contribution in [2.45, 2.75) is 13.5 Å². The van der Waals surface area contributed by atoms with Crippen LogP contribution in [0.2, 0.25) is 5.02 Å². The number of carbonyl (C=O) groups excluding carboxylic acids is 1. The van der Waals surface area contributed by atoms with Gasteiger partial charge in [-0.05, 0) is 48.2 Å². The smallest absolute Gasteiger partial charge is 0.242 e. The summed E-state index contributed by atoms with van der Waals surface area (Å²) in [6.45, 7) is 6.10. The summed E-state index contributed by atoms with van der Waals surface area (Å²) < 4.78 is 0. The third kappa shape index (κ3) is 6.75. The fourth-order valence-electron chi connectivity index (χ4n) is 3.11. The maximum absolute atomic E-state index is 12.5. The van der Waals surface area contributed by atoms with Crippen LogP contribution in [0.4, 0.5) is 5.69 Å². The van der Waals surface area contributed by atoms with Gasteiger partial charge in [-0.2, -0.15) is 0 Å². The summed E-state index contributed by atoms with van der Waals surface area (Å²) in [4.78, 5) is 22.2. The average molecular weight is 548 g/mol. The van der Waals surface area contributed by atoms with Gasteiger partial charge in [0.1, 0.15) is 0 Å². The highest BCUT2D eigenvalue weighted by Crippen LogP contribution is 2.19. The number of guanidine groups is 1. The van der Waals surface area contributed by atoms with Gasteiger partial charge < -0.3 is 20.4 Å². The van der Waals surface area contributed by atoms with Crippen LogP contribution in [0.1, 0.15) is 10.4 Å². The van der Waals surface area contributed by atoms with E-state index in [1.165, 1.54) is 10.4 Å². The first-order valence-corrected chi connectivity index (χ1v) is 10.6. The largest absolute Gasteiger partial charge is 0.368 e. The van der Waals surface area contributed by atoms with Crippen LogP contribution in [-0.4, -0.2) is 56.5 Å². The lowest BCUT2D eigenvalue weighted by Gasteiger charge is -2.36. The average Bonchev–Trinajstić information content (AvgIpc) is 3.13. The molecule has 2 aromatic rings. The van der Waals surface area contributed by atoms with Crippen LogP contribution in [0.3, 0.4) is 0 Å². The van der Waals surface area contributed by atoms with E-state index in [9.17, 15) is 4.79 Å². The molecule has 1 amide bonds. The maximum Gasteiger partial charge on any atom is 0.242 e. The van der Waals surface area contributed by atoms with Gasteiger partial charge in [0, 0.05) is 48.8 Å². The summed E-state index contributed by atoms with van der Waals surface area (Å²) in [5, 5.41) is 9.20. The zero-order valence-electron chi connectivity index (χ0n) is 16.7. The van der Waals surface area contributed by atoms with E-state index in [1.54, 1.807) is 18.4 Å². The molecule has 158 valence electrons. The van der Waals surface area contributed by atoms with Crippen LogP contribution in [0.25, 0.3) is 0 Å². The second kappa shape index (κ2) is 11.6. The molecule has 1 aromatic heterocycles. The number of rotatable bonds is 5. The monoisotopic (exact) mass is 547 g/mol. The molecule has 29 heavy (non-hydrogen) atoms. The SMILES string of the molecule is CN=C(NCC(=O)N1CCN(c2ccc(Cl)cc2)CC1)NCc1sccc1C.I. The second-order valence-corrected chi connectivity index (χ2v) is 8.09. The molecule has 1 aliphatic rings. The van der Waals surface area contributed by atoms with Crippen molar-refractivity contribution in [1.29, 1.82) is 0 Å². The molecule has 0 unspecified atom stereocenters. The zero-order valence-corrected chi connectivity index (χ0v) is 20.6. The van der Waals surface area contributed by atoms with Crippen molar-refractivity contribution < 1.29 is 4.79 Å². The lowest BCUT2D eigenvalue weighted by atomic mass is 10.2. The fourth-order valence-corrected chi connectivity index (χ4v) is 4.08. The highest BCUT2D eigenvalue weighted by Gasteiger charge is 2.21. The number of amides is 1. The molecular formula is C20H27ClIN5OS. The number of aryl methyl sites for hydroxylation is 1. The predicted molar refractivity (Wildman–Crippen MR) is 133 cm³/mol. The van der Waals surface area contributed by atoms with E-state index < -0.39 is 0 Å². The number of aliphatic imine (C=N–C) groups is 1. The summed E-state index contributed by atoms with van der Waals surface area (Å²) in [5.74, 6) is 0.729. The second-order valence-electron chi connectivity index (χ2n) is 6.65. The van der Waals surface area contributed by atoms with Crippen molar-refractivity contribution in [3.8, 4) is 0 Å². The Balaban J connectivity index is 0.00000300. The molecule has 0 bridgehead atoms. The van der Waals surface area contributed by atoms with Gasteiger partial charge in [-0.25, -0.2) is 0 Å².